The second-order valence-electron chi connectivity index (χ2n) is 4.88. The molecule has 1 aliphatic rings. The summed E-state index contributed by atoms with van der Waals surface area (Å²) >= 11 is 0. The molecule has 1 N–H and O–H groups in total. The molecule has 0 aromatic carbocycles. The summed E-state index contributed by atoms with van der Waals surface area (Å²) in [6, 6.07) is 0.258. The zero-order valence-corrected chi connectivity index (χ0v) is 17.7. The van der Waals surface area contributed by atoms with Gasteiger partial charge in [0, 0.05) is 24.1 Å². The lowest BCUT2D eigenvalue weighted by atomic mass is 10.3. The largest absolute Gasteiger partial charge is 0.449 e. The molecule has 0 bridgehead atoms. The van der Waals surface area contributed by atoms with Gasteiger partial charge in [-0.3, -0.25) is 0 Å². The number of unbranched alkanes of at least 4 members (excludes halogenated alkanes) is 2. The van der Waals surface area contributed by atoms with E-state index >= 15 is 0 Å². The molecule has 23 heavy (non-hydrogen) atoms. The molecule has 0 spiro atoms. The first-order valence-corrected chi connectivity index (χ1v) is 11.6. The number of nitrogens with zero attached hydrogens (tertiary/aromatic N) is 1. The smallest absolute Gasteiger partial charge is 0.407 e. The monoisotopic (exact) mass is 366 g/mol. The molecular formula is C17H38N2O2S2. The standard InChI is InChI=1S/C13H26N2O2S2.2C2H6/c1-3-4-5-9-18-19-10-8-17-13(16)14-12-6-7-15(2)11-12;2*1-2/h12H,3-11H2,1-2H3,(H,14,16);2*1-2H3. The first kappa shape index (κ1) is 25.2. The number of nitrogens with one attached hydrogen (secondary N) is 1. The van der Waals surface area contributed by atoms with E-state index in [2.05, 4.69) is 24.2 Å². The molecule has 6 heteroatoms. The molecule has 1 amide bonds. The lowest BCUT2D eigenvalue weighted by Crippen LogP contribution is -2.37. The van der Waals surface area contributed by atoms with Gasteiger partial charge in [-0.05, 0) is 26.4 Å². The first-order valence-electron chi connectivity index (χ1n) is 9.08. The number of likely N-dealkylation sites (tertiary alicyclic amines) is 1. The summed E-state index contributed by atoms with van der Waals surface area (Å²) in [5.41, 5.74) is 0. The number of hydrogen-bond acceptors (Lipinski definition) is 5. The SMILES string of the molecule is CC.CC.CCCCCSSCCOC(=O)NC1CCN(C)C1. The third kappa shape index (κ3) is 16.6. The predicted molar refractivity (Wildman–Crippen MR) is 108 cm³/mol. The summed E-state index contributed by atoms with van der Waals surface area (Å²) in [5.74, 6) is 2.06. The van der Waals surface area contributed by atoms with Gasteiger partial charge in [-0.25, -0.2) is 4.79 Å². The Labute approximate surface area is 152 Å². The number of ether oxygens (including phenoxy) is 1. The zero-order chi connectivity index (χ0) is 17.9. The number of alkyl carbamates (subject to hydrolysis) is 1. The Kier molecular flexibility index (Phi) is 21.9. The van der Waals surface area contributed by atoms with Gasteiger partial charge < -0.3 is 15.0 Å². The Morgan fingerprint density at radius 1 is 1.17 bits per heavy atom. The van der Waals surface area contributed by atoms with Gasteiger partial charge >= 0.3 is 6.09 Å². The van der Waals surface area contributed by atoms with Crippen LogP contribution in [0.15, 0.2) is 0 Å². The van der Waals surface area contributed by atoms with Crippen LogP contribution in [0.4, 0.5) is 4.79 Å². The normalized spacial score (nSPS) is 16.7. The lowest BCUT2D eigenvalue weighted by molar-refractivity contribution is 0.149. The van der Waals surface area contributed by atoms with Gasteiger partial charge in [-0.15, -0.1) is 0 Å². The molecule has 0 aromatic heterocycles. The molecule has 0 radical (unpaired) electrons. The number of likely N-dealkylation sites (N-methyl/N-ethyl adjacent to an activating group) is 1. The van der Waals surface area contributed by atoms with E-state index in [4.69, 9.17) is 4.74 Å². The number of amides is 1. The summed E-state index contributed by atoms with van der Waals surface area (Å²) in [6.45, 7) is 12.7. The van der Waals surface area contributed by atoms with Gasteiger partial charge in [0.25, 0.3) is 0 Å². The van der Waals surface area contributed by atoms with E-state index in [1.165, 1.54) is 25.0 Å². The summed E-state index contributed by atoms with van der Waals surface area (Å²) in [7, 11) is 5.74. The number of carbonyl (C=O) groups excluding carboxylic acids is 1. The van der Waals surface area contributed by atoms with E-state index in [0.717, 1.165) is 25.3 Å². The van der Waals surface area contributed by atoms with Crippen LogP contribution in [-0.2, 0) is 4.74 Å². The average Bonchev–Trinajstić information content (AvgIpc) is 2.98. The number of rotatable bonds is 9. The molecule has 1 fully saturated rings. The summed E-state index contributed by atoms with van der Waals surface area (Å²) in [6.07, 6.45) is 4.61. The van der Waals surface area contributed by atoms with E-state index < -0.39 is 0 Å². The highest BCUT2D eigenvalue weighted by Crippen LogP contribution is 2.22. The molecule has 0 aliphatic carbocycles. The minimum Gasteiger partial charge on any atom is -0.449 e. The van der Waals surface area contributed by atoms with Gasteiger partial charge in [0.1, 0.15) is 6.61 Å². The maximum atomic E-state index is 11.5. The fourth-order valence-electron chi connectivity index (χ4n) is 1.96. The first-order chi connectivity index (χ1) is 11.2. The Balaban J connectivity index is 0. The Bertz CT molecular complexity index is 257. The average molecular weight is 367 g/mol. The number of hydrogen-bond donors (Lipinski definition) is 1. The van der Waals surface area contributed by atoms with Gasteiger partial charge in [0.05, 0.1) is 0 Å². The van der Waals surface area contributed by atoms with Crippen molar-refractivity contribution >= 4 is 27.7 Å². The molecule has 140 valence electrons. The minimum atomic E-state index is -0.267. The highest BCUT2D eigenvalue weighted by Gasteiger charge is 2.21. The summed E-state index contributed by atoms with van der Waals surface area (Å²) < 4.78 is 5.16. The highest BCUT2D eigenvalue weighted by atomic mass is 33.1. The van der Waals surface area contributed by atoms with Crippen LogP contribution in [0, 0.1) is 0 Å². The fourth-order valence-corrected chi connectivity index (χ4v) is 3.93. The van der Waals surface area contributed by atoms with Crippen LogP contribution in [0.2, 0.25) is 0 Å². The molecule has 1 saturated heterocycles. The van der Waals surface area contributed by atoms with Crippen LogP contribution >= 0.6 is 21.6 Å². The van der Waals surface area contributed by atoms with E-state index in [0.29, 0.717) is 6.61 Å². The van der Waals surface area contributed by atoms with Crippen molar-refractivity contribution in [2.45, 2.75) is 66.3 Å². The van der Waals surface area contributed by atoms with E-state index in [-0.39, 0.29) is 12.1 Å². The Morgan fingerprint density at radius 2 is 1.83 bits per heavy atom. The van der Waals surface area contributed by atoms with E-state index in [1.807, 2.05) is 38.5 Å². The molecule has 1 heterocycles. The predicted octanol–water partition coefficient (Wildman–Crippen LogP) is 5.04. The van der Waals surface area contributed by atoms with Crippen molar-refractivity contribution in [2.24, 2.45) is 0 Å². The summed E-state index contributed by atoms with van der Waals surface area (Å²) in [5, 5.41) is 2.91. The van der Waals surface area contributed by atoms with Crippen molar-refractivity contribution in [1.29, 1.82) is 0 Å². The molecule has 0 aromatic rings. The molecule has 0 saturated carbocycles. The van der Waals surface area contributed by atoms with Crippen LogP contribution in [-0.4, -0.2) is 55.3 Å². The van der Waals surface area contributed by atoms with Crippen LogP contribution in [0.5, 0.6) is 0 Å². The highest BCUT2D eigenvalue weighted by molar-refractivity contribution is 8.76. The van der Waals surface area contributed by atoms with Gasteiger partial charge in [0.2, 0.25) is 0 Å². The maximum absolute atomic E-state index is 11.5. The van der Waals surface area contributed by atoms with Crippen molar-refractivity contribution in [3.8, 4) is 0 Å². The van der Waals surface area contributed by atoms with E-state index in [9.17, 15) is 4.79 Å². The van der Waals surface area contributed by atoms with E-state index in [1.54, 1.807) is 10.8 Å². The van der Waals surface area contributed by atoms with Crippen LogP contribution in [0.25, 0.3) is 0 Å². The second kappa shape index (κ2) is 20.0. The molecular weight excluding hydrogens is 328 g/mol. The fraction of sp³-hybridized carbons (Fsp3) is 0.941. The van der Waals surface area contributed by atoms with Crippen molar-refractivity contribution in [3.05, 3.63) is 0 Å². The molecule has 1 rings (SSSR count). The molecule has 1 aliphatic heterocycles. The van der Waals surface area contributed by atoms with Crippen molar-refractivity contribution in [3.63, 3.8) is 0 Å². The van der Waals surface area contributed by atoms with Gasteiger partial charge in [-0.1, -0.05) is 69.0 Å². The molecule has 1 atom stereocenters. The van der Waals surface area contributed by atoms with Crippen molar-refractivity contribution in [1.82, 2.24) is 10.2 Å². The van der Waals surface area contributed by atoms with Gasteiger partial charge in [-0.2, -0.15) is 0 Å². The van der Waals surface area contributed by atoms with Crippen LogP contribution < -0.4 is 5.32 Å². The minimum absolute atomic E-state index is 0.258. The third-order valence-electron chi connectivity index (χ3n) is 3.03. The van der Waals surface area contributed by atoms with Crippen LogP contribution in [0.3, 0.4) is 0 Å². The van der Waals surface area contributed by atoms with Crippen LogP contribution in [0.1, 0.15) is 60.3 Å². The molecule has 1 unspecified atom stereocenters. The Hall–Kier alpha value is -0.0700. The zero-order valence-electron chi connectivity index (χ0n) is 16.0. The Morgan fingerprint density at radius 3 is 2.39 bits per heavy atom. The quantitative estimate of drug-likeness (QED) is 0.457. The third-order valence-corrected chi connectivity index (χ3v) is 5.48. The lowest BCUT2D eigenvalue weighted by Gasteiger charge is -2.12. The van der Waals surface area contributed by atoms with Crippen molar-refractivity contribution in [2.75, 3.05) is 38.2 Å². The second-order valence-corrected chi connectivity index (χ2v) is 7.58. The molecule has 4 nitrogen and oxygen atoms in total. The maximum Gasteiger partial charge on any atom is 0.407 e. The number of carbonyl (C=O) groups is 1. The van der Waals surface area contributed by atoms with Crippen molar-refractivity contribution < 1.29 is 9.53 Å². The van der Waals surface area contributed by atoms with Gasteiger partial charge in [0.15, 0.2) is 0 Å². The summed E-state index contributed by atoms with van der Waals surface area (Å²) in [4.78, 5) is 13.7. The topological polar surface area (TPSA) is 41.6 Å².